The van der Waals surface area contributed by atoms with Crippen LogP contribution in [-0.4, -0.2) is 45.6 Å². The summed E-state index contributed by atoms with van der Waals surface area (Å²) in [7, 11) is 1.63. The average molecular weight is 556 g/mol. The molecule has 4 rings (SSSR count). The molecule has 198 valence electrons. The number of carbonyl (C=O) groups excluding carboxylic acids is 2. The van der Waals surface area contributed by atoms with Crippen LogP contribution in [0.25, 0.3) is 0 Å². The van der Waals surface area contributed by atoms with E-state index in [0.717, 1.165) is 38.0 Å². The lowest BCUT2D eigenvalue weighted by molar-refractivity contribution is 0.0702. The SMILES string of the molecule is Cn1cc(C(=O)NO)c(OCc2ccc(Cl)c(Cl)c2)c1C(=O)NC1CCN(Cc2ccc(C#N)cc2)CC1. The Labute approximate surface area is 230 Å². The highest BCUT2D eigenvalue weighted by Gasteiger charge is 2.28. The van der Waals surface area contributed by atoms with Gasteiger partial charge in [-0.2, -0.15) is 5.26 Å². The van der Waals surface area contributed by atoms with Crippen molar-refractivity contribution in [3.05, 3.63) is 86.7 Å². The van der Waals surface area contributed by atoms with Crippen LogP contribution in [-0.2, 0) is 20.2 Å². The number of nitriles is 1. The van der Waals surface area contributed by atoms with Gasteiger partial charge in [0.15, 0.2) is 5.75 Å². The molecule has 1 saturated heterocycles. The Morgan fingerprint density at radius 1 is 1.08 bits per heavy atom. The van der Waals surface area contributed by atoms with Gasteiger partial charge in [-0.25, -0.2) is 5.48 Å². The zero-order valence-corrected chi connectivity index (χ0v) is 22.2. The number of benzene rings is 2. The zero-order chi connectivity index (χ0) is 27.2. The molecule has 38 heavy (non-hydrogen) atoms. The number of carbonyl (C=O) groups is 2. The summed E-state index contributed by atoms with van der Waals surface area (Å²) in [6.07, 6.45) is 2.95. The van der Waals surface area contributed by atoms with Crippen LogP contribution in [0.1, 0.15) is 50.4 Å². The van der Waals surface area contributed by atoms with Gasteiger partial charge in [-0.1, -0.05) is 41.4 Å². The van der Waals surface area contributed by atoms with E-state index in [-0.39, 0.29) is 35.6 Å². The average Bonchev–Trinajstić information content (AvgIpc) is 3.26. The summed E-state index contributed by atoms with van der Waals surface area (Å²) in [4.78, 5) is 27.9. The number of aryl methyl sites for hydroxylation is 1. The molecule has 0 radical (unpaired) electrons. The fourth-order valence-electron chi connectivity index (χ4n) is 4.45. The molecule has 1 aliphatic rings. The summed E-state index contributed by atoms with van der Waals surface area (Å²) in [6.45, 7) is 2.41. The summed E-state index contributed by atoms with van der Waals surface area (Å²) in [6, 6.07) is 14.6. The van der Waals surface area contributed by atoms with E-state index in [0.29, 0.717) is 21.2 Å². The van der Waals surface area contributed by atoms with E-state index in [9.17, 15) is 14.8 Å². The number of ether oxygens (including phenoxy) is 1. The van der Waals surface area contributed by atoms with E-state index < -0.39 is 5.91 Å². The Balaban J connectivity index is 1.42. The maximum Gasteiger partial charge on any atom is 0.279 e. The molecule has 2 heterocycles. The lowest BCUT2D eigenvalue weighted by atomic mass is 10.0. The van der Waals surface area contributed by atoms with Crippen LogP contribution in [0.3, 0.4) is 0 Å². The predicted octanol–water partition coefficient (Wildman–Crippen LogP) is 4.30. The fraction of sp³-hybridized carbons (Fsp3) is 0.296. The summed E-state index contributed by atoms with van der Waals surface area (Å²) < 4.78 is 7.42. The summed E-state index contributed by atoms with van der Waals surface area (Å²) in [5.74, 6) is -1.11. The minimum atomic E-state index is -0.792. The highest BCUT2D eigenvalue weighted by molar-refractivity contribution is 6.42. The van der Waals surface area contributed by atoms with Crippen LogP contribution >= 0.6 is 23.2 Å². The van der Waals surface area contributed by atoms with Gasteiger partial charge in [0.2, 0.25) is 0 Å². The first-order chi connectivity index (χ1) is 18.3. The maximum absolute atomic E-state index is 13.3. The topological polar surface area (TPSA) is 120 Å². The van der Waals surface area contributed by atoms with Crippen molar-refractivity contribution in [3.63, 3.8) is 0 Å². The second kappa shape index (κ2) is 12.3. The number of hydroxylamine groups is 1. The van der Waals surface area contributed by atoms with Gasteiger partial charge >= 0.3 is 0 Å². The van der Waals surface area contributed by atoms with Gasteiger partial charge in [0.1, 0.15) is 17.9 Å². The number of halogens is 2. The number of piperidine rings is 1. The molecule has 9 nitrogen and oxygen atoms in total. The normalized spacial score (nSPS) is 14.1. The van der Waals surface area contributed by atoms with Gasteiger partial charge in [0.25, 0.3) is 11.8 Å². The Kier molecular flexibility index (Phi) is 8.92. The van der Waals surface area contributed by atoms with Crippen molar-refractivity contribution in [2.45, 2.75) is 32.0 Å². The van der Waals surface area contributed by atoms with Crippen molar-refractivity contribution in [3.8, 4) is 11.8 Å². The standard InChI is InChI=1S/C27H27Cl2N5O4/c1-33-15-21(26(35)32-37)25(38-16-19-6-7-22(28)23(29)12-19)24(33)27(36)31-20-8-10-34(11-9-20)14-18-4-2-17(13-30)3-5-18/h2-7,12,15,20,37H,8-11,14,16H2,1H3,(H,31,36)(H,32,35). The van der Waals surface area contributed by atoms with Crippen molar-refractivity contribution in [2.24, 2.45) is 7.05 Å². The third-order valence-corrected chi connectivity index (χ3v) is 7.21. The Hall–Kier alpha value is -3.55. The minimum Gasteiger partial charge on any atom is -0.486 e. The Morgan fingerprint density at radius 3 is 2.39 bits per heavy atom. The zero-order valence-electron chi connectivity index (χ0n) is 20.7. The van der Waals surface area contributed by atoms with Crippen LogP contribution in [0, 0.1) is 11.3 Å². The lowest BCUT2D eigenvalue weighted by Gasteiger charge is -2.32. The number of nitrogens with one attached hydrogen (secondary N) is 2. The highest BCUT2D eigenvalue weighted by Crippen LogP contribution is 2.29. The monoisotopic (exact) mass is 555 g/mol. The quantitative estimate of drug-likeness (QED) is 0.281. The van der Waals surface area contributed by atoms with E-state index >= 15 is 0 Å². The smallest absolute Gasteiger partial charge is 0.279 e. The molecule has 2 amide bonds. The molecular formula is C27H27Cl2N5O4. The van der Waals surface area contributed by atoms with Crippen molar-refractivity contribution in [2.75, 3.05) is 13.1 Å². The lowest BCUT2D eigenvalue weighted by Crippen LogP contribution is -2.44. The van der Waals surface area contributed by atoms with Crippen LogP contribution in [0.15, 0.2) is 48.7 Å². The molecule has 1 fully saturated rings. The molecule has 2 aromatic carbocycles. The minimum absolute atomic E-state index is 0.0254. The van der Waals surface area contributed by atoms with Crippen LogP contribution in [0.4, 0.5) is 0 Å². The van der Waals surface area contributed by atoms with Gasteiger partial charge in [0.05, 0.1) is 21.7 Å². The first-order valence-electron chi connectivity index (χ1n) is 12.0. The van der Waals surface area contributed by atoms with E-state index in [1.54, 1.807) is 30.7 Å². The van der Waals surface area contributed by atoms with Gasteiger partial charge in [-0.3, -0.25) is 19.7 Å². The third-order valence-electron chi connectivity index (χ3n) is 6.48. The number of nitrogens with zero attached hydrogens (tertiary/aromatic N) is 3. The molecule has 3 aromatic rings. The third kappa shape index (κ3) is 6.47. The van der Waals surface area contributed by atoms with Crippen LogP contribution in [0.2, 0.25) is 10.0 Å². The van der Waals surface area contributed by atoms with E-state index in [2.05, 4.69) is 16.3 Å². The summed E-state index contributed by atoms with van der Waals surface area (Å²) in [5, 5.41) is 22.0. The molecule has 3 N–H and O–H groups in total. The number of hydrogen-bond acceptors (Lipinski definition) is 6. The van der Waals surface area contributed by atoms with Gasteiger partial charge in [0, 0.05) is 38.9 Å². The van der Waals surface area contributed by atoms with E-state index in [1.807, 2.05) is 24.3 Å². The van der Waals surface area contributed by atoms with Gasteiger partial charge < -0.3 is 14.6 Å². The largest absolute Gasteiger partial charge is 0.486 e. The Morgan fingerprint density at radius 2 is 1.76 bits per heavy atom. The van der Waals surface area contributed by atoms with Crippen molar-refractivity contribution in [1.29, 1.82) is 5.26 Å². The summed E-state index contributed by atoms with van der Waals surface area (Å²) >= 11 is 12.1. The molecular weight excluding hydrogens is 529 g/mol. The van der Waals surface area contributed by atoms with Crippen molar-refractivity contribution >= 4 is 35.0 Å². The Bertz CT molecular complexity index is 1360. The van der Waals surface area contributed by atoms with Crippen LogP contribution in [0.5, 0.6) is 5.75 Å². The summed E-state index contributed by atoms with van der Waals surface area (Å²) in [5.41, 5.74) is 4.26. The molecule has 0 bridgehead atoms. The second-order valence-corrected chi connectivity index (χ2v) is 9.96. The number of aromatic nitrogens is 1. The van der Waals surface area contributed by atoms with Crippen molar-refractivity contribution in [1.82, 2.24) is 20.3 Å². The molecule has 1 aliphatic heterocycles. The number of likely N-dealkylation sites (tertiary alicyclic amines) is 1. The number of amides is 2. The van der Waals surface area contributed by atoms with E-state index in [1.165, 1.54) is 10.8 Å². The first kappa shape index (κ1) is 27.5. The molecule has 0 aliphatic carbocycles. The molecule has 0 unspecified atom stereocenters. The number of hydrogen-bond donors (Lipinski definition) is 3. The highest BCUT2D eigenvalue weighted by atomic mass is 35.5. The van der Waals surface area contributed by atoms with Crippen LogP contribution < -0.4 is 15.5 Å². The molecule has 11 heteroatoms. The fourth-order valence-corrected chi connectivity index (χ4v) is 4.77. The second-order valence-electron chi connectivity index (χ2n) is 9.14. The number of rotatable bonds is 8. The molecule has 1 aromatic heterocycles. The van der Waals surface area contributed by atoms with E-state index in [4.69, 9.17) is 33.2 Å². The maximum atomic E-state index is 13.3. The molecule has 0 atom stereocenters. The van der Waals surface area contributed by atoms with Crippen molar-refractivity contribution < 1.29 is 19.5 Å². The van der Waals surface area contributed by atoms with Gasteiger partial charge in [-0.15, -0.1) is 0 Å². The molecule has 0 saturated carbocycles. The van der Waals surface area contributed by atoms with Gasteiger partial charge in [-0.05, 0) is 48.2 Å². The first-order valence-corrected chi connectivity index (χ1v) is 12.8. The predicted molar refractivity (Wildman–Crippen MR) is 142 cm³/mol. The molecule has 0 spiro atoms.